The summed E-state index contributed by atoms with van der Waals surface area (Å²) in [6, 6.07) is 6.51. The van der Waals surface area contributed by atoms with E-state index < -0.39 is 0 Å². The van der Waals surface area contributed by atoms with Crippen LogP contribution in [0.25, 0.3) is 11.3 Å². The van der Waals surface area contributed by atoms with Gasteiger partial charge in [-0.05, 0) is 37.6 Å². The molecule has 1 aromatic carbocycles. The van der Waals surface area contributed by atoms with Crippen molar-refractivity contribution in [3.63, 3.8) is 0 Å². The molecule has 0 amide bonds. The van der Waals surface area contributed by atoms with Gasteiger partial charge in [0.1, 0.15) is 0 Å². The number of benzene rings is 1. The van der Waals surface area contributed by atoms with E-state index in [1.165, 1.54) is 17.8 Å². The van der Waals surface area contributed by atoms with Crippen LogP contribution in [0.15, 0.2) is 23.6 Å². The predicted octanol–water partition coefficient (Wildman–Crippen LogP) is 3.12. The summed E-state index contributed by atoms with van der Waals surface area (Å²) in [5.74, 6) is 1.48. The van der Waals surface area contributed by atoms with Gasteiger partial charge in [-0.1, -0.05) is 0 Å². The van der Waals surface area contributed by atoms with Crippen LogP contribution >= 0.6 is 11.3 Å². The molecule has 21 heavy (non-hydrogen) atoms. The van der Waals surface area contributed by atoms with Gasteiger partial charge in [0.15, 0.2) is 11.5 Å². The van der Waals surface area contributed by atoms with Crippen molar-refractivity contribution in [2.75, 3.05) is 20.8 Å². The smallest absolute Gasteiger partial charge is 0.161 e. The number of aromatic nitrogens is 1. The molecule has 5 heteroatoms. The lowest BCUT2D eigenvalue weighted by Crippen LogP contribution is -2.23. The first-order chi connectivity index (χ1) is 10.3. The number of nitrogens with one attached hydrogen (secondary N) is 1. The number of hydrogen-bond donors (Lipinski definition) is 1. The maximum Gasteiger partial charge on any atom is 0.161 e. The summed E-state index contributed by atoms with van der Waals surface area (Å²) >= 11 is 1.73. The van der Waals surface area contributed by atoms with E-state index in [-0.39, 0.29) is 0 Å². The van der Waals surface area contributed by atoms with Crippen LogP contribution in [0.4, 0.5) is 0 Å². The standard InChI is InChI=1S/C16H20N2O2S/c1-19-14-6-5-11(8-15(14)20-2)13-10-21-16(18-13)9-12-4-3-7-17-12/h5-6,8,10,12,17H,3-4,7,9H2,1-2H3. The Morgan fingerprint density at radius 3 is 2.86 bits per heavy atom. The third kappa shape index (κ3) is 3.19. The zero-order valence-electron chi connectivity index (χ0n) is 12.4. The molecule has 4 nitrogen and oxygen atoms in total. The molecule has 3 rings (SSSR count). The molecule has 112 valence electrons. The number of nitrogens with zero attached hydrogens (tertiary/aromatic N) is 1. The zero-order chi connectivity index (χ0) is 14.7. The molecule has 1 atom stereocenters. The van der Waals surface area contributed by atoms with Gasteiger partial charge in [-0.2, -0.15) is 0 Å². The predicted molar refractivity (Wildman–Crippen MR) is 85.4 cm³/mol. The first-order valence-corrected chi connectivity index (χ1v) is 8.08. The van der Waals surface area contributed by atoms with Gasteiger partial charge in [0.2, 0.25) is 0 Å². The van der Waals surface area contributed by atoms with Crippen molar-refractivity contribution in [2.24, 2.45) is 0 Å². The summed E-state index contributed by atoms with van der Waals surface area (Å²) in [4.78, 5) is 4.76. The van der Waals surface area contributed by atoms with E-state index in [2.05, 4.69) is 10.7 Å². The number of ether oxygens (including phenoxy) is 2. The molecular weight excluding hydrogens is 284 g/mol. The molecule has 0 bridgehead atoms. The van der Waals surface area contributed by atoms with Gasteiger partial charge >= 0.3 is 0 Å². The highest BCUT2D eigenvalue weighted by molar-refractivity contribution is 7.09. The number of rotatable bonds is 5. The molecule has 1 fully saturated rings. The van der Waals surface area contributed by atoms with Crippen LogP contribution in [-0.2, 0) is 6.42 Å². The van der Waals surface area contributed by atoms with E-state index >= 15 is 0 Å². The average Bonchev–Trinajstić information content (AvgIpc) is 3.19. The fraction of sp³-hybridized carbons (Fsp3) is 0.438. The molecule has 2 aromatic rings. The minimum absolute atomic E-state index is 0.592. The quantitative estimate of drug-likeness (QED) is 0.921. The van der Waals surface area contributed by atoms with Crippen LogP contribution in [0.5, 0.6) is 11.5 Å². The van der Waals surface area contributed by atoms with Gasteiger partial charge in [0.05, 0.1) is 24.9 Å². The molecule has 1 N–H and O–H groups in total. The summed E-state index contributed by atoms with van der Waals surface area (Å²) in [6.45, 7) is 1.14. The van der Waals surface area contributed by atoms with E-state index in [4.69, 9.17) is 14.5 Å². The molecule has 0 aliphatic carbocycles. The molecule has 2 heterocycles. The van der Waals surface area contributed by atoms with Crippen molar-refractivity contribution in [1.82, 2.24) is 10.3 Å². The summed E-state index contributed by atoms with van der Waals surface area (Å²) < 4.78 is 10.6. The third-order valence-electron chi connectivity index (χ3n) is 3.81. The Hall–Kier alpha value is -1.59. The van der Waals surface area contributed by atoms with Crippen molar-refractivity contribution in [3.05, 3.63) is 28.6 Å². The molecule has 1 aliphatic rings. The second-order valence-corrected chi connectivity index (χ2v) is 6.14. The van der Waals surface area contributed by atoms with Gasteiger partial charge in [0, 0.05) is 23.4 Å². The van der Waals surface area contributed by atoms with Crippen LogP contribution in [0.1, 0.15) is 17.8 Å². The minimum Gasteiger partial charge on any atom is -0.493 e. The summed E-state index contributed by atoms with van der Waals surface area (Å²) in [5.41, 5.74) is 2.07. The molecule has 0 radical (unpaired) electrons. The molecule has 1 saturated heterocycles. The first kappa shape index (κ1) is 14.4. The van der Waals surface area contributed by atoms with Crippen molar-refractivity contribution in [2.45, 2.75) is 25.3 Å². The fourth-order valence-corrected chi connectivity index (χ4v) is 3.56. The van der Waals surface area contributed by atoms with Crippen molar-refractivity contribution >= 4 is 11.3 Å². The Morgan fingerprint density at radius 2 is 2.14 bits per heavy atom. The SMILES string of the molecule is COc1ccc(-c2csc(CC3CCCN3)n2)cc1OC. The van der Waals surface area contributed by atoms with Crippen LogP contribution in [0.3, 0.4) is 0 Å². The minimum atomic E-state index is 0.592. The number of thiazole rings is 1. The number of hydrogen-bond acceptors (Lipinski definition) is 5. The van der Waals surface area contributed by atoms with Gasteiger partial charge in [-0.15, -0.1) is 11.3 Å². The first-order valence-electron chi connectivity index (χ1n) is 7.20. The van der Waals surface area contributed by atoms with Crippen LogP contribution in [0, 0.1) is 0 Å². The molecular formula is C16H20N2O2S. The molecule has 0 spiro atoms. The topological polar surface area (TPSA) is 43.4 Å². The second kappa shape index (κ2) is 6.45. The highest BCUT2D eigenvalue weighted by Gasteiger charge is 2.16. The Balaban J connectivity index is 1.78. The van der Waals surface area contributed by atoms with E-state index in [0.29, 0.717) is 6.04 Å². The van der Waals surface area contributed by atoms with Gasteiger partial charge in [-0.3, -0.25) is 0 Å². The van der Waals surface area contributed by atoms with Crippen LogP contribution < -0.4 is 14.8 Å². The Bertz CT molecular complexity index is 606. The lowest BCUT2D eigenvalue weighted by Gasteiger charge is -2.08. The average molecular weight is 304 g/mol. The van der Waals surface area contributed by atoms with Crippen LogP contribution in [0.2, 0.25) is 0 Å². The Labute approximate surface area is 129 Å². The van der Waals surface area contributed by atoms with Gasteiger partial charge in [-0.25, -0.2) is 4.98 Å². The van der Waals surface area contributed by atoms with Crippen LogP contribution in [-0.4, -0.2) is 31.8 Å². The van der Waals surface area contributed by atoms with Gasteiger partial charge < -0.3 is 14.8 Å². The van der Waals surface area contributed by atoms with E-state index in [9.17, 15) is 0 Å². The van der Waals surface area contributed by atoms with E-state index in [1.54, 1.807) is 25.6 Å². The highest BCUT2D eigenvalue weighted by atomic mass is 32.1. The maximum absolute atomic E-state index is 5.35. The molecule has 1 aliphatic heterocycles. The number of methoxy groups -OCH3 is 2. The fourth-order valence-electron chi connectivity index (χ4n) is 2.67. The second-order valence-electron chi connectivity index (χ2n) is 5.19. The monoisotopic (exact) mass is 304 g/mol. The Morgan fingerprint density at radius 1 is 1.29 bits per heavy atom. The molecule has 1 aromatic heterocycles. The third-order valence-corrected chi connectivity index (χ3v) is 4.69. The van der Waals surface area contributed by atoms with Gasteiger partial charge in [0.25, 0.3) is 0 Å². The summed E-state index contributed by atoms with van der Waals surface area (Å²) in [5, 5.41) is 6.83. The highest BCUT2D eigenvalue weighted by Crippen LogP contribution is 2.32. The van der Waals surface area contributed by atoms with E-state index in [0.717, 1.165) is 35.7 Å². The maximum atomic E-state index is 5.35. The van der Waals surface area contributed by atoms with Crippen molar-refractivity contribution < 1.29 is 9.47 Å². The summed E-state index contributed by atoms with van der Waals surface area (Å²) in [6.07, 6.45) is 3.56. The van der Waals surface area contributed by atoms with Crippen molar-refractivity contribution in [3.8, 4) is 22.8 Å². The van der Waals surface area contributed by atoms with E-state index in [1.807, 2.05) is 18.2 Å². The lowest BCUT2D eigenvalue weighted by atomic mass is 10.1. The largest absolute Gasteiger partial charge is 0.493 e. The Kier molecular flexibility index (Phi) is 4.41. The normalized spacial score (nSPS) is 17.9. The molecule has 1 unspecified atom stereocenters. The van der Waals surface area contributed by atoms with Crippen molar-refractivity contribution in [1.29, 1.82) is 0 Å². The lowest BCUT2D eigenvalue weighted by molar-refractivity contribution is 0.355. The summed E-state index contributed by atoms with van der Waals surface area (Å²) in [7, 11) is 3.30. The zero-order valence-corrected chi connectivity index (χ0v) is 13.2. The molecule has 0 saturated carbocycles.